The van der Waals surface area contributed by atoms with Gasteiger partial charge in [-0.15, -0.1) is 21.5 Å². The molecule has 0 amide bonds. The summed E-state index contributed by atoms with van der Waals surface area (Å²) in [7, 11) is 1.96. The first-order valence-electron chi connectivity index (χ1n) is 7.87. The Morgan fingerprint density at radius 1 is 1.45 bits per heavy atom. The Morgan fingerprint density at radius 2 is 2.36 bits per heavy atom. The zero-order valence-corrected chi connectivity index (χ0v) is 14.1. The zero-order valence-electron chi connectivity index (χ0n) is 13.2. The number of morpholine rings is 1. The molecule has 1 unspecified atom stereocenters. The molecular weight excluding hydrogens is 298 g/mol. The summed E-state index contributed by atoms with van der Waals surface area (Å²) in [5.74, 6) is 0.895. The first-order chi connectivity index (χ1) is 10.8. The van der Waals surface area contributed by atoms with E-state index >= 15 is 0 Å². The summed E-state index contributed by atoms with van der Waals surface area (Å²) in [6.07, 6.45) is 5.26. The summed E-state index contributed by atoms with van der Waals surface area (Å²) < 4.78 is 7.78. The average molecular weight is 321 g/mol. The van der Waals surface area contributed by atoms with Crippen molar-refractivity contribution >= 4 is 11.3 Å². The molecule has 6 nitrogen and oxygen atoms in total. The SMILES string of the molecule is CCCCc1nc(CN2CCOC(c3nncn3C)C2)cs1. The summed E-state index contributed by atoms with van der Waals surface area (Å²) in [5, 5.41) is 11.6. The number of hydrogen-bond acceptors (Lipinski definition) is 6. The molecule has 0 bridgehead atoms. The largest absolute Gasteiger partial charge is 0.368 e. The van der Waals surface area contributed by atoms with Gasteiger partial charge in [0.05, 0.1) is 17.3 Å². The van der Waals surface area contributed by atoms with Gasteiger partial charge in [0, 0.05) is 32.1 Å². The third-order valence-electron chi connectivity index (χ3n) is 3.91. The summed E-state index contributed by atoms with van der Waals surface area (Å²) in [5.41, 5.74) is 1.18. The minimum absolute atomic E-state index is 0.000512. The predicted octanol–water partition coefficient (Wildman–Crippen LogP) is 2.19. The second kappa shape index (κ2) is 7.30. The van der Waals surface area contributed by atoms with Crippen molar-refractivity contribution in [3.63, 3.8) is 0 Å². The number of ether oxygens (including phenoxy) is 1. The van der Waals surface area contributed by atoms with Crippen molar-refractivity contribution in [3.05, 3.63) is 28.2 Å². The van der Waals surface area contributed by atoms with E-state index in [1.54, 1.807) is 17.7 Å². The van der Waals surface area contributed by atoms with Crippen LogP contribution in [0.15, 0.2) is 11.7 Å². The number of nitrogens with zero attached hydrogens (tertiary/aromatic N) is 5. The molecule has 1 saturated heterocycles. The maximum atomic E-state index is 5.85. The van der Waals surface area contributed by atoms with Crippen molar-refractivity contribution in [2.75, 3.05) is 19.7 Å². The normalized spacial score (nSPS) is 19.6. The van der Waals surface area contributed by atoms with E-state index in [1.165, 1.54) is 23.5 Å². The second-order valence-electron chi connectivity index (χ2n) is 5.73. The first kappa shape index (κ1) is 15.6. The lowest BCUT2D eigenvalue weighted by atomic mass is 10.2. The Bertz CT molecular complexity index is 596. The van der Waals surface area contributed by atoms with Crippen LogP contribution in [0.4, 0.5) is 0 Å². The molecule has 1 aliphatic rings. The molecule has 0 spiro atoms. The Morgan fingerprint density at radius 3 is 3.14 bits per heavy atom. The average Bonchev–Trinajstić information content (AvgIpc) is 3.14. The smallest absolute Gasteiger partial charge is 0.163 e. The lowest BCUT2D eigenvalue weighted by Crippen LogP contribution is -2.38. The van der Waals surface area contributed by atoms with E-state index in [0.717, 1.165) is 38.5 Å². The predicted molar refractivity (Wildman–Crippen MR) is 85.7 cm³/mol. The van der Waals surface area contributed by atoms with Gasteiger partial charge in [0.15, 0.2) is 5.82 Å². The third-order valence-corrected chi connectivity index (χ3v) is 4.87. The van der Waals surface area contributed by atoms with Gasteiger partial charge < -0.3 is 9.30 Å². The van der Waals surface area contributed by atoms with E-state index in [2.05, 4.69) is 27.4 Å². The van der Waals surface area contributed by atoms with Crippen LogP contribution in [0.3, 0.4) is 0 Å². The Balaban J connectivity index is 1.58. The van der Waals surface area contributed by atoms with E-state index < -0.39 is 0 Å². The molecule has 1 atom stereocenters. The molecule has 1 fully saturated rings. The lowest BCUT2D eigenvalue weighted by Gasteiger charge is -2.31. The van der Waals surface area contributed by atoms with E-state index in [4.69, 9.17) is 9.72 Å². The maximum Gasteiger partial charge on any atom is 0.163 e. The van der Waals surface area contributed by atoms with Crippen molar-refractivity contribution in [1.29, 1.82) is 0 Å². The van der Waals surface area contributed by atoms with Crippen LogP contribution in [0.25, 0.3) is 0 Å². The number of hydrogen-bond donors (Lipinski definition) is 0. The highest BCUT2D eigenvalue weighted by Gasteiger charge is 2.25. The molecular formula is C15H23N5OS. The van der Waals surface area contributed by atoms with Crippen LogP contribution in [0, 0.1) is 0 Å². The van der Waals surface area contributed by atoms with Gasteiger partial charge in [0.25, 0.3) is 0 Å². The summed E-state index contributed by atoms with van der Waals surface area (Å²) in [6, 6.07) is 0. The molecule has 1 aliphatic heterocycles. The fraction of sp³-hybridized carbons (Fsp3) is 0.667. The highest BCUT2D eigenvalue weighted by atomic mass is 32.1. The second-order valence-corrected chi connectivity index (χ2v) is 6.67. The molecule has 0 aliphatic carbocycles. The molecule has 7 heteroatoms. The zero-order chi connectivity index (χ0) is 15.4. The minimum atomic E-state index is -0.000512. The molecule has 0 aromatic carbocycles. The molecule has 0 saturated carbocycles. The quantitative estimate of drug-likeness (QED) is 0.816. The van der Waals surface area contributed by atoms with Gasteiger partial charge in [0.1, 0.15) is 12.4 Å². The van der Waals surface area contributed by atoms with Gasteiger partial charge >= 0.3 is 0 Å². The lowest BCUT2D eigenvalue weighted by molar-refractivity contribution is -0.0388. The van der Waals surface area contributed by atoms with E-state index in [-0.39, 0.29) is 6.10 Å². The molecule has 0 N–H and O–H groups in total. The van der Waals surface area contributed by atoms with Crippen LogP contribution in [0.5, 0.6) is 0 Å². The van der Waals surface area contributed by atoms with Crippen LogP contribution in [0.1, 0.15) is 42.4 Å². The summed E-state index contributed by atoms with van der Waals surface area (Å²) >= 11 is 1.78. The monoisotopic (exact) mass is 321 g/mol. The number of rotatable bonds is 6. The number of aryl methyl sites for hydroxylation is 2. The Kier molecular flexibility index (Phi) is 5.17. The maximum absolute atomic E-state index is 5.85. The van der Waals surface area contributed by atoms with Crippen LogP contribution in [0.2, 0.25) is 0 Å². The number of aromatic nitrogens is 4. The van der Waals surface area contributed by atoms with Crippen LogP contribution >= 0.6 is 11.3 Å². The highest BCUT2D eigenvalue weighted by molar-refractivity contribution is 7.09. The molecule has 3 rings (SSSR count). The number of thiazole rings is 1. The van der Waals surface area contributed by atoms with Crippen LogP contribution in [-0.4, -0.2) is 44.3 Å². The van der Waals surface area contributed by atoms with Gasteiger partial charge in [-0.3, -0.25) is 4.90 Å². The van der Waals surface area contributed by atoms with Crippen molar-refractivity contribution in [3.8, 4) is 0 Å². The number of unbranched alkanes of at least 4 members (excludes halogenated alkanes) is 1. The van der Waals surface area contributed by atoms with Crippen LogP contribution in [-0.2, 0) is 24.8 Å². The van der Waals surface area contributed by atoms with Crippen molar-refractivity contribution in [2.45, 2.75) is 38.8 Å². The fourth-order valence-electron chi connectivity index (χ4n) is 2.68. The van der Waals surface area contributed by atoms with E-state index in [9.17, 15) is 0 Å². The molecule has 0 radical (unpaired) electrons. The highest BCUT2D eigenvalue weighted by Crippen LogP contribution is 2.22. The Hall–Kier alpha value is -1.31. The van der Waals surface area contributed by atoms with Gasteiger partial charge in [-0.05, 0) is 12.8 Å². The molecule has 2 aromatic rings. The minimum Gasteiger partial charge on any atom is -0.368 e. The fourth-order valence-corrected chi connectivity index (χ4v) is 3.51. The van der Waals surface area contributed by atoms with E-state index in [0.29, 0.717) is 0 Å². The molecule has 120 valence electrons. The Labute approximate surface area is 135 Å². The summed E-state index contributed by atoms with van der Waals surface area (Å²) in [4.78, 5) is 7.14. The van der Waals surface area contributed by atoms with Gasteiger partial charge in [0.2, 0.25) is 0 Å². The van der Waals surface area contributed by atoms with Crippen LogP contribution < -0.4 is 0 Å². The van der Waals surface area contributed by atoms with Gasteiger partial charge in [-0.25, -0.2) is 4.98 Å². The molecule has 3 heterocycles. The standard InChI is InChI=1S/C15H23N5OS/c1-3-4-5-14-17-12(10-22-14)8-20-6-7-21-13(9-20)15-18-16-11-19(15)2/h10-11,13H,3-9H2,1-2H3. The summed E-state index contributed by atoms with van der Waals surface area (Å²) in [6.45, 7) is 5.62. The van der Waals surface area contributed by atoms with Gasteiger partial charge in [-0.2, -0.15) is 0 Å². The van der Waals surface area contributed by atoms with E-state index in [1.807, 2.05) is 11.6 Å². The van der Waals surface area contributed by atoms with Gasteiger partial charge in [-0.1, -0.05) is 13.3 Å². The topological polar surface area (TPSA) is 56.1 Å². The third kappa shape index (κ3) is 3.71. The molecule has 22 heavy (non-hydrogen) atoms. The first-order valence-corrected chi connectivity index (χ1v) is 8.75. The molecule has 2 aromatic heterocycles. The van der Waals surface area contributed by atoms with Crippen molar-refractivity contribution in [2.24, 2.45) is 7.05 Å². The van der Waals surface area contributed by atoms with Crippen molar-refractivity contribution < 1.29 is 4.74 Å². The van der Waals surface area contributed by atoms with Crippen molar-refractivity contribution in [1.82, 2.24) is 24.6 Å².